The van der Waals surface area contributed by atoms with Crippen LogP contribution in [0.15, 0.2) is 47.2 Å². The van der Waals surface area contributed by atoms with E-state index in [2.05, 4.69) is 15.3 Å². The average Bonchev–Trinajstić information content (AvgIpc) is 3.50. The molecule has 0 bridgehead atoms. The maximum atomic E-state index is 12.5. The molecule has 0 unspecified atom stereocenters. The fourth-order valence-electron chi connectivity index (χ4n) is 3.70. The van der Waals surface area contributed by atoms with Gasteiger partial charge < -0.3 is 23.9 Å². The van der Waals surface area contributed by atoms with Gasteiger partial charge >= 0.3 is 0 Å². The first kappa shape index (κ1) is 21.7. The number of oxazole rings is 1. The van der Waals surface area contributed by atoms with Crippen LogP contribution in [0.2, 0.25) is 0 Å². The minimum atomic E-state index is -0.338. The van der Waals surface area contributed by atoms with Crippen molar-refractivity contribution in [1.29, 1.82) is 0 Å². The van der Waals surface area contributed by atoms with Crippen LogP contribution in [0.4, 0.5) is 0 Å². The van der Waals surface area contributed by atoms with Gasteiger partial charge in [-0.05, 0) is 62.9 Å². The first-order chi connectivity index (χ1) is 15.7. The number of aromatic nitrogens is 2. The Morgan fingerprint density at radius 3 is 2.81 bits per heavy atom. The van der Waals surface area contributed by atoms with Gasteiger partial charge in [-0.2, -0.15) is 0 Å². The SMILES string of the molecule is CCOc1cccnc1C(=O)NCc1coc(-c2ccc(OC)c(OC3CCCC3)c2)n1. The monoisotopic (exact) mass is 437 g/mol. The number of nitrogens with one attached hydrogen (secondary N) is 1. The van der Waals surface area contributed by atoms with Crippen LogP contribution in [0.25, 0.3) is 11.5 Å². The zero-order valence-electron chi connectivity index (χ0n) is 18.3. The molecule has 3 aromatic rings. The third kappa shape index (κ3) is 5.01. The van der Waals surface area contributed by atoms with E-state index < -0.39 is 0 Å². The van der Waals surface area contributed by atoms with Crippen LogP contribution in [-0.2, 0) is 6.54 Å². The molecule has 1 amide bonds. The summed E-state index contributed by atoms with van der Waals surface area (Å²) >= 11 is 0. The summed E-state index contributed by atoms with van der Waals surface area (Å²) in [5.41, 5.74) is 1.61. The van der Waals surface area contributed by atoms with Crippen molar-refractivity contribution in [2.75, 3.05) is 13.7 Å². The van der Waals surface area contributed by atoms with Crippen LogP contribution in [-0.4, -0.2) is 35.7 Å². The number of nitrogens with zero attached hydrogens (tertiary/aromatic N) is 2. The number of amides is 1. The number of pyridine rings is 1. The molecule has 1 aromatic carbocycles. The Bertz CT molecular complexity index is 1060. The number of carbonyl (C=O) groups excluding carboxylic acids is 1. The molecule has 8 nitrogen and oxygen atoms in total. The second-order valence-corrected chi connectivity index (χ2v) is 7.50. The zero-order chi connectivity index (χ0) is 22.3. The summed E-state index contributed by atoms with van der Waals surface area (Å²) in [4.78, 5) is 21.2. The van der Waals surface area contributed by atoms with Gasteiger partial charge in [-0.25, -0.2) is 9.97 Å². The van der Waals surface area contributed by atoms with E-state index in [1.165, 1.54) is 19.1 Å². The predicted molar refractivity (Wildman–Crippen MR) is 118 cm³/mol. The van der Waals surface area contributed by atoms with Crippen molar-refractivity contribution in [2.24, 2.45) is 0 Å². The molecular formula is C24H27N3O5. The molecule has 0 aliphatic heterocycles. The van der Waals surface area contributed by atoms with E-state index in [1.54, 1.807) is 25.4 Å². The summed E-state index contributed by atoms with van der Waals surface area (Å²) in [6.07, 6.45) is 7.77. The summed E-state index contributed by atoms with van der Waals surface area (Å²) in [6, 6.07) is 9.05. The van der Waals surface area contributed by atoms with E-state index in [1.807, 2.05) is 25.1 Å². The molecule has 2 heterocycles. The normalized spacial score (nSPS) is 13.7. The first-order valence-electron chi connectivity index (χ1n) is 10.8. The average molecular weight is 437 g/mol. The molecule has 32 heavy (non-hydrogen) atoms. The first-order valence-corrected chi connectivity index (χ1v) is 10.8. The Morgan fingerprint density at radius 1 is 1.19 bits per heavy atom. The summed E-state index contributed by atoms with van der Waals surface area (Å²) in [7, 11) is 1.63. The van der Waals surface area contributed by atoms with Crippen LogP contribution in [0.3, 0.4) is 0 Å². The van der Waals surface area contributed by atoms with Crippen LogP contribution >= 0.6 is 0 Å². The highest BCUT2D eigenvalue weighted by Crippen LogP contribution is 2.35. The standard InChI is InChI=1S/C24H27N3O5/c1-3-30-20-9-6-12-25-22(20)23(28)26-14-17-15-31-24(27-17)16-10-11-19(29-2)21(13-16)32-18-7-4-5-8-18/h6,9-13,15,18H,3-5,7-8,14H2,1-2H3,(H,26,28). The molecule has 1 aliphatic carbocycles. The maximum Gasteiger partial charge on any atom is 0.274 e. The third-order valence-electron chi connectivity index (χ3n) is 5.27. The Balaban J connectivity index is 1.44. The Kier molecular flexibility index (Phi) is 6.89. The lowest BCUT2D eigenvalue weighted by Crippen LogP contribution is -2.24. The number of hydrogen-bond donors (Lipinski definition) is 1. The highest BCUT2D eigenvalue weighted by Gasteiger charge is 2.20. The van der Waals surface area contributed by atoms with Crippen molar-refractivity contribution >= 4 is 5.91 Å². The number of ether oxygens (including phenoxy) is 3. The number of carbonyl (C=O) groups is 1. The van der Waals surface area contributed by atoms with Crippen molar-refractivity contribution in [3.63, 3.8) is 0 Å². The van der Waals surface area contributed by atoms with Gasteiger partial charge in [-0.3, -0.25) is 4.79 Å². The lowest BCUT2D eigenvalue weighted by atomic mass is 10.2. The van der Waals surface area contributed by atoms with Gasteiger partial charge in [-0.1, -0.05) is 0 Å². The van der Waals surface area contributed by atoms with Crippen LogP contribution in [0, 0.1) is 0 Å². The number of methoxy groups -OCH3 is 1. The largest absolute Gasteiger partial charge is 0.493 e. The van der Waals surface area contributed by atoms with Crippen molar-refractivity contribution in [3.8, 4) is 28.7 Å². The highest BCUT2D eigenvalue weighted by molar-refractivity contribution is 5.94. The Hall–Kier alpha value is -3.55. The summed E-state index contributed by atoms with van der Waals surface area (Å²) < 4.78 is 22.7. The van der Waals surface area contributed by atoms with Gasteiger partial charge in [0.05, 0.1) is 32.1 Å². The fraction of sp³-hybridized carbons (Fsp3) is 0.375. The summed E-state index contributed by atoms with van der Waals surface area (Å²) in [6.45, 7) is 2.51. The van der Waals surface area contributed by atoms with Crippen LogP contribution in [0.5, 0.6) is 17.2 Å². The minimum Gasteiger partial charge on any atom is -0.493 e. The lowest BCUT2D eigenvalue weighted by molar-refractivity contribution is 0.0941. The molecule has 1 fully saturated rings. The van der Waals surface area contributed by atoms with Gasteiger partial charge in [0.25, 0.3) is 5.91 Å². The van der Waals surface area contributed by atoms with Gasteiger partial charge in [-0.15, -0.1) is 0 Å². The Morgan fingerprint density at radius 2 is 2.03 bits per heavy atom. The predicted octanol–water partition coefficient (Wildman–Crippen LogP) is 4.40. The molecule has 168 valence electrons. The van der Waals surface area contributed by atoms with Crippen molar-refractivity contribution < 1.29 is 23.4 Å². The molecule has 0 spiro atoms. The number of rotatable bonds is 9. The summed E-state index contributed by atoms with van der Waals surface area (Å²) in [5, 5.41) is 2.81. The van der Waals surface area contributed by atoms with E-state index >= 15 is 0 Å². The van der Waals surface area contributed by atoms with Gasteiger partial charge in [0.2, 0.25) is 5.89 Å². The molecule has 2 aromatic heterocycles. The second kappa shape index (κ2) is 10.2. The number of hydrogen-bond acceptors (Lipinski definition) is 7. The molecule has 0 atom stereocenters. The van der Waals surface area contributed by atoms with Crippen LogP contribution < -0.4 is 19.5 Å². The second-order valence-electron chi connectivity index (χ2n) is 7.50. The third-order valence-corrected chi connectivity index (χ3v) is 5.27. The summed E-state index contributed by atoms with van der Waals surface area (Å²) in [5.74, 6) is 1.92. The minimum absolute atomic E-state index is 0.200. The fourth-order valence-corrected chi connectivity index (χ4v) is 3.70. The molecule has 8 heteroatoms. The van der Waals surface area contributed by atoms with E-state index in [0.717, 1.165) is 18.4 Å². The van der Waals surface area contributed by atoms with Crippen LogP contribution in [0.1, 0.15) is 48.8 Å². The highest BCUT2D eigenvalue weighted by atomic mass is 16.5. The zero-order valence-corrected chi connectivity index (χ0v) is 18.3. The number of benzene rings is 1. The van der Waals surface area contributed by atoms with Gasteiger partial charge in [0.1, 0.15) is 6.26 Å². The van der Waals surface area contributed by atoms with E-state index in [-0.39, 0.29) is 24.2 Å². The molecule has 0 saturated heterocycles. The smallest absolute Gasteiger partial charge is 0.274 e. The van der Waals surface area contributed by atoms with Crippen molar-refractivity contribution in [2.45, 2.75) is 45.3 Å². The quantitative estimate of drug-likeness (QED) is 0.530. The van der Waals surface area contributed by atoms with Crippen molar-refractivity contribution in [3.05, 3.63) is 54.2 Å². The molecule has 1 aliphatic rings. The topological polar surface area (TPSA) is 95.7 Å². The van der Waals surface area contributed by atoms with E-state index in [9.17, 15) is 4.79 Å². The lowest BCUT2D eigenvalue weighted by Gasteiger charge is -2.16. The molecule has 1 N–H and O–H groups in total. The molecule has 1 saturated carbocycles. The van der Waals surface area contributed by atoms with E-state index in [0.29, 0.717) is 35.4 Å². The molecule has 0 radical (unpaired) electrons. The molecule has 4 rings (SSSR count). The maximum absolute atomic E-state index is 12.5. The Labute approximate surface area is 186 Å². The van der Waals surface area contributed by atoms with Gasteiger partial charge in [0, 0.05) is 11.8 Å². The van der Waals surface area contributed by atoms with Gasteiger partial charge in [0.15, 0.2) is 22.9 Å². The van der Waals surface area contributed by atoms with Crippen molar-refractivity contribution in [1.82, 2.24) is 15.3 Å². The molecular weight excluding hydrogens is 410 g/mol. The van der Waals surface area contributed by atoms with E-state index in [4.69, 9.17) is 18.6 Å².